The minimum absolute atomic E-state index is 0.819. The molecule has 0 aromatic rings. The predicted octanol–water partition coefficient (Wildman–Crippen LogP) is 5.22. The fourth-order valence-electron chi connectivity index (χ4n) is 0.935. The van der Waals surface area contributed by atoms with Gasteiger partial charge in [-0.3, -0.25) is 0 Å². The minimum Gasteiger partial charge on any atom is -0.0840 e. The van der Waals surface area contributed by atoms with E-state index in [9.17, 15) is 0 Å². The molecule has 0 saturated heterocycles. The molecule has 0 N–H and O–H groups in total. The van der Waals surface area contributed by atoms with Crippen LogP contribution in [0.4, 0.5) is 0 Å². The summed E-state index contributed by atoms with van der Waals surface area (Å²) in [5.74, 6) is 1.65. The largest absolute Gasteiger partial charge is 0.0840 e. The van der Waals surface area contributed by atoms with E-state index >= 15 is 0 Å². The van der Waals surface area contributed by atoms with E-state index in [0.717, 1.165) is 11.8 Å². The molecule has 1 aliphatic carbocycles. The van der Waals surface area contributed by atoms with Crippen LogP contribution in [0.15, 0.2) is 24.3 Å². The van der Waals surface area contributed by atoms with Crippen LogP contribution in [0.5, 0.6) is 0 Å². The van der Waals surface area contributed by atoms with Crippen molar-refractivity contribution in [1.82, 2.24) is 0 Å². The number of hydrogen-bond donors (Lipinski definition) is 0. The average Bonchev–Trinajstić information content (AvgIpc) is 2.21. The molecule has 0 aromatic heterocycles. The van der Waals surface area contributed by atoms with Crippen LogP contribution < -0.4 is 0 Å². The van der Waals surface area contributed by atoms with Crippen LogP contribution in [0.25, 0.3) is 0 Å². The molecular weight excluding hydrogens is 168 g/mol. The second kappa shape index (κ2) is 12.5. The van der Waals surface area contributed by atoms with E-state index in [-0.39, 0.29) is 0 Å². The summed E-state index contributed by atoms with van der Waals surface area (Å²) in [5.41, 5.74) is 0. The fourth-order valence-corrected chi connectivity index (χ4v) is 0.935. The van der Waals surface area contributed by atoms with Crippen LogP contribution in [0.3, 0.4) is 0 Å². The molecule has 0 amide bonds. The Morgan fingerprint density at radius 2 is 1.64 bits per heavy atom. The normalized spacial score (nSPS) is 18.1. The predicted molar refractivity (Wildman–Crippen MR) is 68.5 cm³/mol. The van der Waals surface area contributed by atoms with E-state index in [1.165, 1.54) is 12.8 Å². The van der Waals surface area contributed by atoms with Crippen LogP contribution in [-0.4, -0.2) is 0 Å². The summed E-state index contributed by atoms with van der Waals surface area (Å²) in [6.45, 7) is 12.7. The summed E-state index contributed by atoms with van der Waals surface area (Å²) >= 11 is 0. The lowest BCUT2D eigenvalue weighted by molar-refractivity contribution is 0.633. The molecule has 0 aliphatic heterocycles. The van der Waals surface area contributed by atoms with Crippen LogP contribution in [0, 0.1) is 11.8 Å². The smallest absolute Gasteiger partial charge is 0.0198 e. The first-order valence-electron chi connectivity index (χ1n) is 6.00. The lowest BCUT2D eigenvalue weighted by Crippen LogP contribution is -1.93. The van der Waals surface area contributed by atoms with Gasteiger partial charge >= 0.3 is 0 Å². The summed E-state index contributed by atoms with van der Waals surface area (Å²) < 4.78 is 0. The van der Waals surface area contributed by atoms with Gasteiger partial charge in [0.25, 0.3) is 0 Å². The molecule has 1 atom stereocenters. The summed E-state index contributed by atoms with van der Waals surface area (Å²) in [6.07, 6.45) is 11.3. The molecule has 0 nitrogen and oxygen atoms in total. The van der Waals surface area contributed by atoms with Gasteiger partial charge in [-0.25, -0.2) is 0 Å². The number of allylic oxidation sites excluding steroid dienone is 4. The molecule has 0 fully saturated rings. The number of rotatable bonds is 1. The zero-order chi connectivity index (χ0) is 11.4. The van der Waals surface area contributed by atoms with Crippen LogP contribution in [-0.2, 0) is 0 Å². The van der Waals surface area contributed by atoms with Crippen LogP contribution in [0.1, 0.15) is 54.4 Å². The second-order valence-electron chi connectivity index (χ2n) is 3.95. The highest BCUT2D eigenvalue weighted by molar-refractivity contribution is 5.10. The van der Waals surface area contributed by atoms with Gasteiger partial charge in [0, 0.05) is 0 Å². The van der Waals surface area contributed by atoms with E-state index in [0.29, 0.717) is 0 Å². The summed E-state index contributed by atoms with van der Waals surface area (Å²) in [4.78, 5) is 0. The monoisotopic (exact) mass is 196 g/mol. The third-order valence-corrected chi connectivity index (χ3v) is 1.59. The van der Waals surface area contributed by atoms with Crippen molar-refractivity contribution in [3.63, 3.8) is 0 Å². The highest BCUT2D eigenvalue weighted by Gasteiger charge is 1.98. The highest BCUT2D eigenvalue weighted by atomic mass is 14.0. The Hall–Kier alpha value is -0.520. The summed E-state index contributed by atoms with van der Waals surface area (Å²) in [5, 5.41) is 0. The first-order chi connectivity index (χ1) is 6.66. The van der Waals surface area contributed by atoms with E-state index < -0.39 is 0 Å². The van der Waals surface area contributed by atoms with Gasteiger partial charge in [0.2, 0.25) is 0 Å². The van der Waals surface area contributed by atoms with E-state index in [2.05, 4.69) is 52.0 Å². The molecule has 0 spiro atoms. The third-order valence-electron chi connectivity index (χ3n) is 1.59. The molecule has 1 aliphatic rings. The molecule has 1 unspecified atom stereocenters. The van der Waals surface area contributed by atoms with Crippen molar-refractivity contribution in [2.24, 2.45) is 11.8 Å². The Morgan fingerprint density at radius 3 is 1.86 bits per heavy atom. The first-order valence-corrected chi connectivity index (χ1v) is 6.00. The van der Waals surface area contributed by atoms with Gasteiger partial charge in [0.15, 0.2) is 0 Å². The Bertz CT molecular complexity index is 137. The number of hydrogen-bond acceptors (Lipinski definition) is 0. The maximum Gasteiger partial charge on any atom is -0.0198 e. The molecule has 0 bridgehead atoms. The van der Waals surface area contributed by atoms with Crippen LogP contribution >= 0.6 is 0 Å². The maximum atomic E-state index is 2.28. The Morgan fingerprint density at radius 1 is 1.14 bits per heavy atom. The Kier molecular flexibility index (Phi) is 14.2. The van der Waals surface area contributed by atoms with Gasteiger partial charge in [-0.2, -0.15) is 0 Å². The zero-order valence-corrected chi connectivity index (χ0v) is 10.9. The average molecular weight is 196 g/mol. The van der Waals surface area contributed by atoms with E-state index in [1.54, 1.807) is 0 Å². The van der Waals surface area contributed by atoms with Gasteiger partial charge < -0.3 is 0 Å². The van der Waals surface area contributed by atoms with Crippen LogP contribution in [0.2, 0.25) is 0 Å². The van der Waals surface area contributed by atoms with Crippen molar-refractivity contribution in [2.45, 2.75) is 54.4 Å². The Balaban J connectivity index is 0. The lowest BCUT2D eigenvalue weighted by atomic mass is 9.99. The summed E-state index contributed by atoms with van der Waals surface area (Å²) in [6, 6.07) is 0. The molecule has 14 heavy (non-hydrogen) atoms. The van der Waals surface area contributed by atoms with Crippen molar-refractivity contribution >= 4 is 0 Å². The quantitative estimate of drug-likeness (QED) is 0.539. The standard InChI is InChI=1S/C8H12.C4H10.C2H6/c1-2-8-6-4-3-5-7-8;1-4(2)3;1-2/h3-6,8H,2,7H2,1H3;4H,1-3H3;1-2H3. The fraction of sp³-hybridized carbons (Fsp3) is 0.714. The molecule has 0 heterocycles. The lowest BCUT2D eigenvalue weighted by Gasteiger charge is -2.07. The molecule has 0 heteroatoms. The topological polar surface area (TPSA) is 0 Å². The van der Waals surface area contributed by atoms with Gasteiger partial charge in [-0.15, -0.1) is 0 Å². The molecule has 0 saturated carbocycles. The summed E-state index contributed by atoms with van der Waals surface area (Å²) in [7, 11) is 0. The van der Waals surface area contributed by atoms with Gasteiger partial charge in [-0.05, 0) is 24.7 Å². The van der Waals surface area contributed by atoms with Gasteiger partial charge in [0.05, 0.1) is 0 Å². The van der Waals surface area contributed by atoms with Crippen molar-refractivity contribution < 1.29 is 0 Å². The molecular formula is C14H28. The molecule has 0 aromatic carbocycles. The molecule has 84 valence electrons. The molecule has 1 rings (SSSR count). The second-order valence-corrected chi connectivity index (χ2v) is 3.95. The van der Waals surface area contributed by atoms with Gasteiger partial charge in [-0.1, -0.05) is 65.8 Å². The van der Waals surface area contributed by atoms with E-state index in [4.69, 9.17) is 0 Å². The molecule has 0 radical (unpaired) electrons. The zero-order valence-electron chi connectivity index (χ0n) is 10.9. The van der Waals surface area contributed by atoms with Crippen molar-refractivity contribution in [2.75, 3.05) is 0 Å². The first kappa shape index (κ1) is 15.9. The SMILES string of the molecule is CC.CC(C)C.CCC1C=CC=CC1. The highest BCUT2D eigenvalue weighted by Crippen LogP contribution is 2.13. The maximum absolute atomic E-state index is 2.28. The minimum atomic E-state index is 0.819. The van der Waals surface area contributed by atoms with Crippen molar-refractivity contribution in [3.8, 4) is 0 Å². The third kappa shape index (κ3) is 14.0. The van der Waals surface area contributed by atoms with Crippen molar-refractivity contribution in [3.05, 3.63) is 24.3 Å². The van der Waals surface area contributed by atoms with Gasteiger partial charge in [0.1, 0.15) is 0 Å². The Labute approximate surface area is 91.1 Å². The van der Waals surface area contributed by atoms with E-state index in [1.807, 2.05) is 13.8 Å². The van der Waals surface area contributed by atoms with Crippen molar-refractivity contribution in [1.29, 1.82) is 0 Å².